The number of halogens is 1. The largest absolute Gasteiger partial charge is 0.473 e. The van der Waals surface area contributed by atoms with Crippen LogP contribution in [0.4, 0.5) is 4.39 Å². The van der Waals surface area contributed by atoms with Crippen molar-refractivity contribution in [3.8, 4) is 0 Å². The minimum Gasteiger partial charge on any atom is -0.473 e. The van der Waals surface area contributed by atoms with Crippen molar-refractivity contribution in [3.05, 3.63) is 68.3 Å². The molecule has 2 bridgehead atoms. The number of carboxylic acid groups (broad SMARTS) is 2. The monoisotopic (exact) mass is 615 g/mol. The highest BCUT2D eigenvalue weighted by atomic mass is 19.1. The van der Waals surface area contributed by atoms with Gasteiger partial charge in [-0.15, -0.1) is 0 Å². The predicted octanol–water partition coefficient (Wildman–Crippen LogP) is 1.58. The predicted molar refractivity (Wildman–Crippen MR) is 154 cm³/mol. The van der Waals surface area contributed by atoms with E-state index in [9.17, 15) is 14.0 Å². The van der Waals surface area contributed by atoms with Gasteiger partial charge in [0.1, 0.15) is 17.5 Å². The van der Waals surface area contributed by atoms with Gasteiger partial charge in [0, 0.05) is 50.1 Å². The van der Waals surface area contributed by atoms with E-state index in [0.29, 0.717) is 24.3 Å². The van der Waals surface area contributed by atoms with Crippen LogP contribution in [0.5, 0.6) is 0 Å². The van der Waals surface area contributed by atoms with Crippen molar-refractivity contribution in [2.24, 2.45) is 0 Å². The van der Waals surface area contributed by atoms with Crippen LogP contribution in [-0.2, 0) is 46.9 Å². The number of piperidine rings is 1. The van der Waals surface area contributed by atoms with Gasteiger partial charge in [-0.1, -0.05) is 18.2 Å². The molecule has 2 fully saturated rings. The fraction of sp³-hybridized carbons (Fsp3) is 0.586. The van der Waals surface area contributed by atoms with E-state index in [4.69, 9.17) is 24.5 Å². The second-order valence-corrected chi connectivity index (χ2v) is 11.6. The van der Waals surface area contributed by atoms with Crippen molar-refractivity contribution >= 4 is 11.9 Å². The van der Waals surface area contributed by atoms with Gasteiger partial charge in [0.25, 0.3) is 0 Å². The quantitative estimate of drug-likeness (QED) is 0.345. The van der Waals surface area contributed by atoms with Crippen LogP contribution in [0.15, 0.2) is 33.9 Å². The van der Waals surface area contributed by atoms with Crippen LogP contribution in [0.2, 0.25) is 0 Å². The summed E-state index contributed by atoms with van der Waals surface area (Å²) in [4.78, 5) is 44.1. The average Bonchev–Trinajstić information content (AvgIpc) is 3.81. The molecule has 0 aliphatic carbocycles. The first-order valence-electron chi connectivity index (χ1n) is 15.0. The molecule has 4 aliphatic rings. The van der Waals surface area contributed by atoms with Gasteiger partial charge in [0.15, 0.2) is 0 Å². The molecule has 3 N–H and O–H groups in total. The van der Waals surface area contributed by atoms with Crippen LogP contribution in [0.1, 0.15) is 68.7 Å². The number of nitrogens with one attached hydrogen (secondary N) is 1. The number of carbonyl (C=O) groups is 2. The molecule has 6 heterocycles. The summed E-state index contributed by atoms with van der Waals surface area (Å²) in [6, 6.07) is 7.86. The first-order chi connectivity index (χ1) is 21.1. The van der Waals surface area contributed by atoms with E-state index in [2.05, 4.69) is 27.1 Å². The normalized spacial score (nSPS) is 22.3. The fourth-order valence-electron chi connectivity index (χ4n) is 6.58. The maximum absolute atomic E-state index is 13.8. The SMILES string of the molecule is CC(CN1C2CCC1CC(OCc1ccccc1F)C2)n1nc2n(c1=O)CCC2.O=C(O)C(=O)O.O=c1[nH]nc2n1CCC2. The molecule has 2 saturated heterocycles. The number of ether oxygens (including phenoxy) is 1. The zero-order valence-corrected chi connectivity index (χ0v) is 24.6. The number of carboxylic acids is 2. The van der Waals surface area contributed by atoms with Crippen molar-refractivity contribution in [1.82, 2.24) is 34.0 Å². The van der Waals surface area contributed by atoms with Gasteiger partial charge < -0.3 is 14.9 Å². The highest BCUT2D eigenvalue weighted by molar-refractivity contribution is 6.27. The van der Waals surface area contributed by atoms with E-state index in [1.54, 1.807) is 21.4 Å². The maximum atomic E-state index is 13.8. The lowest BCUT2D eigenvalue weighted by molar-refractivity contribution is -0.159. The summed E-state index contributed by atoms with van der Waals surface area (Å²) < 4.78 is 25.1. The summed E-state index contributed by atoms with van der Waals surface area (Å²) in [5, 5.41) is 25.6. The van der Waals surface area contributed by atoms with E-state index in [1.807, 2.05) is 10.6 Å². The number of rotatable bonds is 6. The smallest absolute Gasteiger partial charge is 0.414 e. The molecule has 238 valence electrons. The van der Waals surface area contributed by atoms with E-state index in [0.717, 1.165) is 69.8 Å². The Kier molecular flexibility index (Phi) is 9.74. The zero-order valence-electron chi connectivity index (χ0n) is 24.6. The molecule has 0 saturated carbocycles. The summed E-state index contributed by atoms with van der Waals surface area (Å²) in [6.45, 7) is 4.93. The van der Waals surface area contributed by atoms with Crippen LogP contribution < -0.4 is 11.4 Å². The summed E-state index contributed by atoms with van der Waals surface area (Å²) in [6.07, 6.45) is 8.42. The molecule has 0 radical (unpaired) electrons. The number of hydrogen-bond donors (Lipinski definition) is 3. The molecular weight excluding hydrogens is 577 g/mol. The van der Waals surface area contributed by atoms with Crippen molar-refractivity contribution in [2.75, 3.05) is 6.54 Å². The van der Waals surface area contributed by atoms with Crippen LogP contribution in [0.3, 0.4) is 0 Å². The van der Waals surface area contributed by atoms with Gasteiger partial charge in [-0.3, -0.25) is 14.0 Å². The Morgan fingerprint density at radius 1 is 1.02 bits per heavy atom. The summed E-state index contributed by atoms with van der Waals surface area (Å²) in [7, 11) is 0. The maximum Gasteiger partial charge on any atom is 0.414 e. The molecule has 15 heteroatoms. The summed E-state index contributed by atoms with van der Waals surface area (Å²) in [5.74, 6) is -2.01. The Hall–Kier alpha value is -4.11. The third kappa shape index (κ3) is 6.99. The third-order valence-electron chi connectivity index (χ3n) is 8.71. The first kappa shape index (κ1) is 31.3. The molecule has 4 aliphatic heterocycles. The Morgan fingerprint density at radius 3 is 2.27 bits per heavy atom. The molecule has 7 rings (SSSR count). The Labute approximate surface area is 252 Å². The standard InChI is InChI=1S/C22H29FN4O2.C5H7N3O.C2H2O4/c1-15(27-22(28)25-10-4-7-21(25)24-27)13-26-17-8-9-18(26)12-19(11-17)29-14-16-5-2-3-6-20(16)23;9-5-7-6-4-2-1-3-8(4)5;3-1(4)2(5)6/h2-3,5-6,15,17-19H,4,7-14H2,1H3;1-3H2,(H,7,9);(H,3,4)(H,5,6). The molecule has 1 aromatic carbocycles. The minimum atomic E-state index is -1.82. The number of H-pyrrole nitrogens is 1. The van der Waals surface area contributed by atoms with Crippen molar-refractivity contribution < 1.29 is 28.9 Å². The topological polar surface area (TPSA) is 178 Å². The van der Waals surface area contributed by atoms with Gasteiger partial charge >= 0.3 is 23.3 Å². The Bertz CT molecular complexity index is 1570. The lowest BCUT2D eigenvalue weighted by Crippen LogP contribution is -2.48. The summed E-state index contributed by atoms with van der Waals surface area (Å²) >= 11 is 0. The van der Waals surface area contributed by atoms with Gasteiger partial charge in [0.2, 0.25) is 0 Å². The number of aromatic nitrogens is 6. The number of benzene rings is 1. The van der Waals surface area contributed by atoms with Crippen LogP contribution in [0, 0.1) is 5.82 Å². The second kappa shape index (κ2) is 13.7. The number of aryl methyl sites for hydroxylation is 2. The van der Waals surface area contributed by atoms with E-state index in [-0.39, 0.29) is 29.3 Å². The van der Waals surface area contributed by atoms with E-state index < -0.39 is 11.9 Å². The third-order valence-corrected chi connectivity index (χ3v) is 8.71. The fourth-order valence-corrected chi connectivity index (χ4v) is 6.58. The van der Waals surface area contributed by atoms with Gasteiger partial charge in [-0.25, -0.2) is 33.3 Å². The number of aliphatic carboxylic acids is 2. The molecular formula is C29H38FN7O7. The molecule has 14 nitrogen and oxygen atoms in total. The lowest BCUT2D eigenvalue weighted by Gasteiger charge is -2.40. The van der Waals surface area contributed by atoms with E-state index in [1.165, 1.54) is 18.9 Å². The highest BCUT2D eigenvalue weighted by Crippen LogP contribution is 2.38. The molecule has 3 unspecified atom stereocenters. The van der Waals surface area contributed by atoms with Crippen LogP contribution in [0.25, 0.3) is 0 Å². The van der Waals surface area contributed by atoms with Crippen LogP contribution >= 0.6 is 0 Å². The Morgan fingerprint density at radius 2 is 1.66 bits per heavy atom. The summed E-state index contributed by atoms with van der Waals surface area (Å²) in [5.41, 5.74) is 0.603. The van der Waals surface area contributed by atoms with Crippen molar-refractivity contribution in [1.29, 1.82) is 0 Å². The van der Waals surface area contributed by atoms with E-state index >= 15 is 0 Å². The molecule has 2 aromatic heterocycles. The van der Waals surface area contributed by atoms with Gasteiger partial charge in [0.05, 0.1) is 18.8 Å². The first-order valence-corrected chi connectivity index (χ1v) is 15.0. The highest BCUT2D eigenvalue weighted by Gasteiger charge is 2.42. The molecule has 44 heavy (non-hydrogen) atoms. The minimum absolute atomic E-state index is 0.0421. The molecule has 0 spiro atoms. The second-order valence-electron chi connectivity index (χ2n) is 11.6. The lowest BCUT2D eigenvalue weighted by atomic mass is 9.99. The van der Waals surface area contributed by atoms with Crippen molar-refractivity contribution in [2.45, 2.75) is 102 Å². The molecule has 3 atom stereocenters. The van der Waals surface area contributed by atoms with Crippen LogP contribution in [-0.4, -0.2) is 80.9 Å². The Balaban J connectivity index is 0.000000209. The average molecular weight is 616 g/mol. The van der Waals surface area contributed by atoms with Gasteiger partial charge in [-0.05, 0) is 51.5 Å². The zero-order chi connectivity index (χ0) is 31.4. The molecule has 0 amide bonds. The molecule has 3 aromatic rings. The number of nitrogens with zero attached hydrogens (tertiary/aromatic N) is 6. The van der Waals surface area contributed by atoms with Gasteiger partial charge in [-0.2, -0.15) is 10.2 Å². The number of aromatic amines is 1. The van der Waals surface area contributed by atoms with Crippen molar-refractivity contribution in [3.63, 3.8) is 0 Å². The number of hydrogen-bond acceptors (Lipinski definition) is 8. The number of fused-ring (bicyclic) bond motifs is 4.